The summed E-state index contributed by atoms with van der Waals surface area (Å²) in [6.07, 6.45) is 11.5. The van der Waals surface area contributed by atoms with Crippen LogP contribution >= 0.6 is 0 Å². The molecule has 4 nitrogen and oxygen atoms in total. The van der Waals surface area contributed by atoms with Crippen LogP contribution in [0.2, 0.25) is 0 Å². The molecule has 0 unspecified atom stereocenters. The van der Waals surface area contributed by atoms with Gasteiger partial charge >= 0.3 is 0 Å². The number of fused-ring (bicyclic) bond motifs is 5. The average molecular weight is 435 g/mol. The second kappa shape index (κ2) is 7.48. The summed E-state index contributed by atoms with van der Waals surface area (Å²) in [5, 5.41) is 10.8. The standard InChI is InChI=1S/C28H38N2O2/c1-27-14-12-23-21(22(27)10-11-24(27)31)17-19(16-18-6-8-20(9-7-18)29(3)4)26-28(23,2)15-13-25(32)30(26)5/h6-9,13,15-16,21-24,26,31H,10-12,14,17H2,1-5H3/b19-16+/t21-,22-,23-,24-,26+,27-,28+/m0/s1. The molecule has 3 fully saturated rings. The minimum atomic E-state index is -0.170. The fourth-order valence-corrected chi connectivity index (χ4v) is 7.90. The van der Waals surface area contributed by atoms with Crippen LogP contribution in [-0.2, 0) is 4.79 Å². The first-order valence-electron chi connectivity index (χ1n) is 12.3. The van der Waals surface area contributed by atoms with Crippen molar-refractivity contribution in [2.24, 2.45) is 28.6 Å². The number of hydrogen-bond donors (Lipinski definition) is 1. The summed E-state index contributed by atoms with van der Waals surface area (Å²) >= 11 is 0. The molecule has 3 saturated carbocycles. The van der Waals surface area contributed by atoms with Gasteiger partial charge in [-0.05, 0) is 84.6 Å². The third kappa shape index (κ3) is 3.09. The molecule has 1 heterocycles. The van der Waals surface area contributed by atoms with E-state index in [1.165, 1.54) is 16.8 Å². The molecule has 172 valence electrons. The van der Waals surface area contributed by atoms with Crippen LogP contribution in [0.4, 0.5) is 5.69 Å². The molecular weight excluding hydrogens is 396 g/mol. The van der Waals surface area contributed by atoms with Crippen LogP contribution in [-0.4, -0.2) is 49.2 Å². The maximum atomic E-state index is 12.7. The smallest absolute Gasteiger partial charge is 0.246 e. The van der Waals surface area contributed by atoms with Crippen molar-refractivity contribution in [2.75, 3.05) is 26.0 Å². The van der Waals surface area contributed by atoms with Crippen molar-refractivity contribution in [3.05, 3.63) is 47.6 Å². The minimum absolute atomic E-state index is 0.0446. The first-order valence-corrected chi connectivity index (χ1v) is 12.3. The molecule has 3 aliphatic carbocycles. The maximum absolute atomic E-state index is 12.7. The van der Waals surface area contributed by atoms with Crippen molar-refractivity contribution < 1.29 is 9.90 Å². The molecule has 1 amide bonds. The molecule has 32 heavy (non-hydrogen) atoms. The number of anilines is 1. The van der Waals surface area contributed by atoms with Crippen molar-refractivity contribution in [3.8, 4) is 0 Å². The van der Waals surface area contributed by atoms with Gasteiger partial charge in [-0.2, -0.15) is 0 Å². The second-order valence-corrected chi connectivity index (χ2v) is 11.5. The molecule has 0 spiro atoms. The first kappa shape index (κ1) is 21.8. The summed E-state index contributed by atoms with van der Waals surface area (Å²) in [5.74, 6) is 1.78. The Morgan fingerprint density at radius 1 is 1.09 bits per heavy atom. The van der Waals surface area contributed by atoms with Gasteiger partial charge in [-0.25, -0.2) is 0 Å². The fraction of sp³-hybridized carbons (Fsp3) is 0.607. The normalized spacial score (nSPS) is 41.9. The Morgan fingerprint density at radius 2 is 1.81 bits per heavy atom. The lowest BCUT2D eigenvalue weighted by atomic mass is 9.47. The molecular formula is C28H38N2O2. The van der Waals surface area contributed by atoms with Gasteiger partial charge in [0.2, 0.25) is 5.91 Å². The molecule has 1 aromatic rings. The van der Waals surface area contributed by atoms with E-state index in [0.717, 1.165) is 32.1 Å². The quantitative estimate of drug-likeness (QED) is 0.731. The van der Waals surface area contributed by atoms with Crippen LogP contribution in [0.1, 0.15) is 51.5 Å². The molecule has 7 atom stereocenters. The van der Waals surface area contributed by atoms with E-state index in [2.05, 4.69) is 69.3 Å². The number of aliphatic hydroxyl groups excluding tert-OH is 1. The Balaban J connectivity index is 1.58. The first-order chi connectivity index (χ1) is 15.1. The van der Waals surface area contributed by atoms with Crippen molar-refractivity contribution in [1.82, 2.24) is 4.90 Å². The highest BCUT2D eigenvalue weighted by Crippen LogP contribution is 2.64. The van der Waals surface area contributed by atoms with E-state index in [-0.39, 0.29) is 28.9 Å². The minimum Gasteiger partial charge on any atom is -0.393 e. The highest BCUT2D eigenvalue weighted by atomic mass is 16.3. The van der Waals surface area contributed by atoms with E-state index < -0.39 is 0 Å². The van der Waals surface area contributed by atoms with E-state index >= 15 is 0 Å². The van der Waals surface area contributed by atoms with Crippen LogP contribution < -0.4 is 4.90 Å². The monoisotopic (exact) mass is 434 g/mol. The number of benzene rings is 1. The third-order valence-electron chi connectivity index (χ3n) is 9.68. The Bertz CT molecular complexity index is 964. The van der Waals surface area contributed by atoms with E-state index in [0.29, 0.717) is 17.8 Å². The summed E-state index contributed by atoms with van der Waals surface area (Å²) in [6.45, 7) is 4.71. The Kier molecular flexibility index (Phi) is 5.09. The van der Waals surface area contributed by atoms with Crippen molar-refractivity contribution in [3.63, 3.8) is 0 Å². The number of carbonyl (C=O) groups excluding carboxylic acids is 1. The number of nitrogens with zero attached hydrogens (tertiary/aromatic N) is 2. The molecule has 0 radical (unpaired) electrons. The highest BCUT2D eigenvalue weighted by Gasteiger charge is 2.61. The van der Waals surface area contributed by atoms with Crippen LogP contribution in [0.3, 0.4) is 0 Å². The van der Waals surface area contributed by atoms with Gasteiger partial charge in [0.05, 0.1) is 12.1 Å². The zero-order valence-corrected chi connectivity index (χ0v) is 20.2. The number of aliphatic hydroxyl groups is 1. The molecule has 0 bridgehead atoms. The number of rotatable bonds is 2. The van der Waals surface area contributed by atoms with E-state index in [1.54, 1.807) is 6.08 Å². The summed E-state index contributed by atoms with van der Waals surface area (Å²) in [6, 6.07) is 8.81. The number of carbonyl (C=O) groups is 1. The average Bonchev–Trinajstić information content (AvgIpc) is 3.06. The van der Waals surface area contributed by atoms with Gasteiger partial charge < -0.3 is 14.9 Å². The summed E-state index contributed by atoms with van der Waals surface area (Å²) in [4.78, 5) is 16.8. The van der Waals surface area contributed by atoms with Crippen LogP contribution in [0.15, 0.2) is 42.0 Å². The summed E-state index contributed by atoms with van der Waals surface area (Å²) in [7, 11) is 6.10. The van der Waals surface area contributed by atoms with Gasteiger partial charge in [0, 0.05) is 32.2 Å². The lowest BCUT2D eigenvalue weighted by Crippen LogP contribution is -2.60. The predicted molar refractivity (Wildman–Crippen MR) is 130 cm³/mol. The molecule has 1 aliphatic heterocycles. The molecule has 1 N–H and O–H groups in total. The van der Waals surface area contributed by atoms with Crippen molar-refractivity contribution >= 4 is 17.7 Å². The van der Waals surface area contributed by atoms with Gasteiger partial charge in [-0.3, -0.25) is 4.79 Å². The van der Waals surface area contributed by atoms with Crippen LogP contribution in [0, 0.1) is 28.6 Å². The van der Waals surface area contributed by atoms with Gasteiger partial charge in [0.15, 0.2) is 0 Å². The van der Waals surface area contributed by atoms with E-state index in [4.69, 9.17) is 0 Å². The number of hydrogen-bond acceptors (Lipinski definition) is 3. The lowest BCUT2D eigenvalue weighted by molar-refractivity contribution is -0.135. The highest BCUT2D eigenvalue weighted by molar-refractivity contribution is 5.89. The molecule has 4 heteroatoms. The predicted octanol–water partition coefficient (Wildman–Crippen LogP) is 4.75. The topological polar surface area (TPSA) is 43.8 Å². The molecule has 5 rings (SSSR count). The van der Waals surface area contributed by atoms with E-state index in [1.807, 2.05) is 11.9 Å². The van der Waals surface area contributed by atoms with Gasteiger partial charge in [0.1, 0.15) is 0 Å². The second-order valence-electron chi connectivity index (χ2n) is 11.5. The van der Waals surface area contributed by atoms with Crippen molar-refractivity contribution in [2.45, 2.75) is 58.1 Å². The van der Waals surface area contributed by atoms with E-state index in [9.17, 15) is 9.90 Å². The SMILES string of the molecule is CN(C)c1ccc(/C=C2\C[C@@H]3[C@H](CC[C@]4(C)[C@@H](O)CC[C@@H]34)[C@@]3(C)C=CC(=O)N(C)[C@H]23)cc1. The fourth-order valence-electron chi connectivity index (χ4n) is 7.90. The lowest BCUT2D eigenvalue weighted by Gasteiger charge is -2.60. The van der Waals surface area contributed by atoms with Gasteiger partial charge in [-0.15, -0.1) is 0 Å². The Labute approximate surface area is 193 Å². The molecule has 1 aromatic carbocycles. The molecule has 4 aliphatic rings. The zero-order valence-electron chi connectivity index (χ0n) is 20.2. The molecule has 0 saturated heterocycles. The van der Waals surface area contributed by atoms with Crippen molar-refractivity contribution in [1.29, 1.82) is 0 Å². The molecule has 0 aromatic heterocycles. The number of likely N-dealkylation sites (N-methyl/N-ethyl adjacent to an activating group) is 1. The van der Waals surface area contributed by atoms with Gasteiger partial charge in [0.25, 0.3) is 0 Å². The van der Waals surface area contributed by atoms with Crippen LogP contribution in [0.25, 0.3) is 6.08 Å². The Hall–Kier alpha value is -2.07. The summed E-state index contributed by atoms with van der Waals surface area (Å²) < 4.78 is 0. The largest absolute Gasteiger partial charge is 0.393 e. The van der Waals surface area contributed by atoms with Gasteiger partial charge in [-0.1, -0.05) is 38.1 Å². The Morgan fingerprint density at radius 3 is 2.50 bits per heavy atom. The third-order valence-corrected chi connectivity index (χ3v) is 9.68. The zero-order chi connectivity index (χ0) is 22.8. The maximum Gasteiger partial charge on any atom is 0.246 e. The van der Waals surface area contributed by atoms with Crippen LogP contribution in [0.5, 0.6) is 0 Å². The number of amides is 1. The summed E-state index contributed by atoms with van der Waals surface area (Å²) in [5.41, 5.74) is 3.75.